The first-order valence-corrected chi connectivity index (χ1v) is 11.5. The highest BCUT2D eigenvalue weighted by Crippen LogP contribution is 2.44. The van der Waals surface area contributed by atoms with Crippen LogP contribution in [-0.2, 0) is 0 Å². The van der Waals surface area contributed by atoms with E-state index in [1.807, 2.05) is 0 Å². The van der Waals surface area contributed by atoms with E-state index in [2.05, 4.69) is 4.98 Å². The SMILES string of the molecule is CN(CCN(C)c1cc(C(Sc2ccc(Cl)cc2)c2cc(F)ccc2F)c(Cl)cn1)C(=O)O. The third kappa shape index (κ3) is 6.50. The summed E-state index contributed by atoms with van der Waals surface area (Å²) in [4.78, 5) is 19.1. The second-order valence-corrected chi connectivity index (χ2v) is 9.33. The van der Waals surface area contributed by atoms with Crippen molar-refractivity contribution >= 4 is 46.9 Å². The summed E-state index contributed by atoms with van der Waals surface area (Å²) >= 11 is 13.8. The van der Waals surface area contributed by atoms with E-state index in [0.717, 1.165) is 28.0 Å². The van der Waals surface area contributed by atoms with Crippen molar-refractivity contribution in [2.75, 3.05) is 32.1 Å². The number of amides is 1. The van der Waals surface area contributed by atoms with Gasteiger partial charge in [-0.1, -0.05) is 23.2 Å². The molecule has 10 heteroatoms. The van der Waals surface area contributed by atoms with Gasteiger partial charge in [-0.05, 0) is 54.1 Å². The van der Waals surface area contributed by atoms with E-state index in [4.69, 9.17) is 28.3 Å². The minimum absolute atomic E-state index is 0.141. The standard InChI is InChI=1S/C23H21Cl2F2N3O2S/c1-29(9-10-30(2)23(31)32)21-12-17(19(25)13-28-21)22(18-11-15(26)5-8-20(18)27)33-16-6-3-14(24)4-7-16/h3-8,11-13,22H,9-10H2,1-2H3,(H,31,32). The van der Waals surface area contributed by atoms with Gasteiger partial charge in [-0.2, -0.15) is 0 Å². The molecule has 0 aliphatic heterocycles. The fourth-order valence-electron chi connectivity index (χ4n) is 3.02. The van der Waals surface area contributed by atoms with Crippen LogP contribution < -0.4 is 4.90 Å². The predicted octanol–water partition coefficient (Wildman–Crippen LogP) is 6.59. The van der Waals surface area contributed by atoms with Gasteiger partial charge < -0.3 is 14.9 Å². The summed E-state index contributed by atoms with van der Waals surface area (Å²) in [6.45, 7) is 0.632. The number of halogens is 4. The van der Waals surface area contributed by atoms with E-state index >= 15 is 0 Å². The van der Waals surface area contributed by atoms with Gasteiger partial charge in [0.15, 0.2) is 0 Å². The Morgan fingerprint density at radius 2 is 1.76 bits per heavy atom. The number of hydrogen-bond acceptors (Lipinski definition) is 4. The molecule has 1 unspecified atom stereocenters. The molecule has 0 aliphatic carbocycles. The number of carbonyl (C=O) groups is 1. The number of anilines is 1. The van der Waals surface area contributed by atoms with Crippen LogP contribution in [0.15, 0.2) is 59.6 Å². The van der Waals surface area contributed by atoms with Crippen LogP contribution in [0.25, 0.3) is 0 Å². The van der Waals surface area contributed by atoms with Crippen LogP contribution >= 0.6 is 35.0 Å². The van der Waals surface area contributed by atoms with Crippen LogP contribution in [0.4, 0.5) is 19.4 Å². The van der Waals surface area contributed by atoms with Crippen molar-refractivity contribution in [1.82, 2.24) is 9.88 Å². The molecule has 0 fully saturated rings. The lowest BCUT2D eigenvalue weighted by molar-refractivity contribution is 0.157. The molecule has 0 saturated heterocycles. The fourth-order valence-corrected chi connectivity index (χ4v) is 4.62. The van der Waals surface area contributed by atoms with Crippen molar-refractivity contribution < 1.29 is 18.7 Å². The van der Waals surface area contributed by atoms with Crippen LogP contribution in [0.2, 0.25) is 10.0 Å². The third-order valence-corrected chi connectivity index (χ3v) is 6.81. The number of rotatable bonds is 8. The molecule has 1 aromatic heterocycles. The highest BCUT2D eigenvalue weighted by atomic mass is 35.5. The minimum atomic E-state index is -1.03. The van der Waals surface area contributed by atoms with Gasteiger partial charge in [-0.3, -0.25) is 0 Å². The van der Waals surface area contributed by atoms with E-state index in [0.29, 0.717) is 28.0 Å². The van der Waals surface area contributed by atoms with Gasteiger partial charge in [0, 0.05) is 48.9 Å². The Kier molecular flexibility index (Phi) is 8.40. The number of carboxylic acid groups (broad SMARTS) is 1. The normalized spacial score (nSPS) is 11.8. The lowest BCUT2D eigenvalue weighted by atomic mass is 10.0. The Labute approximate surface area is 204 Å². The summed E-state index contributed by atoms with van der Waals surface area (Å²) in [6.07, 6.45) is 0.421. The number of benzene rings is 2. The monoisotopic (exact) mass is 511 g/mol. The second-order valence-electron chi connectivity index (χ2n) is 7.31. The molecule has 0 aliphatic rings. The summed E-state index contributed by atoms with van der Waals surface area (Å²) in [7, 11) is 3.24. The van der Waals surface area contributed by atoms with Gasteiger partial charge in [0.2, 0.25) is 0 Å². The lowest BCUT2D eigenvalue weighted by Gasteiger charge is -2.24. The van der Waals surface area contributed by atoms with E-state index < -0.39 is 23.0 Å². The molecule has 1 N–H and O–H groups in total. The fraction of sp³-hybridized carbons (Fsp3) is 0.217. The Morgan fingerprint density at radius 1 is 1.06 bits per heavy atom. The molecule has 33 heavy (non-hydrogen) atoms. The summed E-state index contributed by atoms with van der Waals surface area (Å²) in [5.41, 5.74) is 0.687. The molecule has 0 spiro atoms. The van der Waals surface area contributed by atoms with E-state index in [1.165, 1.54) is 25.0 Å². The van der Waals surface area contributed by atoms with Crippen LogP contribution in [0.3, 0.4) is 0 Å². The first-order valence-electron chi connectivity index (χ1n) is 9.83. The zero-order valence-electron chi connectivity index (χ0n) is 17.8. The van der Waals surface area contributed by atoms with Crippen molar-refractivity contribution in [1.29, 1.82) is 0 Å². The maximum absolute atomic E-state index is 14.8. The number of likely N-dealkylation sites (N-methyl/N-ethyl adjacent to an activating group) is 2. The Hall–Kier alpha value is -2.55. The Balaban J connectivity index is 2.00. The van der Waals surface area contributed by atoms with Gasteiger partial charge in [0.25, 0.3) is 0 Å². The maximum Gasteiger partial charge on any atom is 0.407 e. The summed E-state index contributed by atoms with van der Waals surface area (Å²) < 4.78 is 28.9. The Morgan fingerprint density at radius 3 is 2.42 bits per heavy atom. The van der Waals surface area contributed by atoms with E-state index in [1.54, 1.807) is 42.3 Å². The lowest BCUT2D eigenvalue weighted by Crippen LogP contribution is -2.34. The number of nitrogens with zero attached hydrogens (tertiary/aromatic N) is 3. The van der Waals surface area contributed by atoms with Crippen molar-refractivity contribution in [3.05, 3.63) is 87.5 Å². The van der Waals surface area contributed by atoms with Crippen LogP contribution in [0.1, 0.15) is 16.4 Å². The minimum Gasteiger partial charge on any atom is -0.465 e. The van der Waals surface area contributed by atoms with Crippen LogP contribution in [0.5, 0.6) is 0 Å². The molecule has 1 amide bonds. The largest absolute Gasteiger partial charge is 0.465 e. The van der Waals surface area contributed by atoms with Crippen molar-refractivity contribution in [3.63, 3.8) is 0 Å². The number of pyridine rings is 1. The highest BCUT2D eigenvalue weighted by Gasteiger charge is 2.24. The molecular weight excluding hydrogens is 491 g/mol. The molecular formula is C23H21Cl2F2N3O2S. The molecule has 174 valence electrons. The molecule has 1 atom stereocenters. The highest BCUT2D eigenvalue weighted by molar-refractivity contribution is 7.99. The van der Waals surface area contributed by atoms with Crippen LogP contribution in [-0.4, -0.2) is 48.3 Å². The van der Waals surface area contributed by atoms with Crippen molar-refractivity contribution in [2.45, 2.75) is 10.1 Å². The van der Waals surface area contributed by atoms with Gasteiger partial charge in [-0.15, -0.1) is 11.8 Å². The smallest absolute Gasteiger partial charge is 0.407 e. The molecule has 0 saturated carbocycles. The Bertz CT molecular complexity index is 1140. The molecule has 0 radical (unpaired) electrons. The average molecular weight is 512 g/mol. The predicted molar refractivity (Wildman–Crippen MR) is 129 cm³/mol. The average Bonchev–Trinajstić information content (AvgIpc) is 2.79. The molecule has 5 nitrogen and oxygen atoms in total. The zero-order valence-corrected chi connectivity index (χ0v) is 20.1. The van der Waals surface area contributed by atoms with Gasteiger partial charge in [0.05, 0.1) is 10.3 Å². The van der Waals surface area contributed by atoms with E-state index in [-0.39, 0.29) is 12.1 Å². The van der Waals surface area contributed by atoms with Crippen LogP contribution in [0, 0.1) is 11.6 Å². The van der Waals surface area contributed by atoms with Gasteiger partial charge in [0.1, 0.15) is 17.5 Å². The molecule has 3 aromatic rings. The van der Waals surface area contributed by atoms with Crippen molar-refractivity contribution in [2.24, 2.45) is 0 Å². The number of hydrogen-bond donors (Lipinski definition) is 1. The second kappa shape index (κ2) is 11.0. The molecule has 2 aromatic carbocycles. The van der Waals surface area contributed by atoms with E-state index in [9.17, 15) is 13.6 Å². The van der Waals surface area contributed by atoms with Crippen molar-refractivity contribution in [3.8, 4) is 0 Å². The number of aromatic nitrogens is 1. The summed E-state index contributed by atoms with van der Waals surface area (Å²) in [5, 5.41) is 9.23. The summed E-state index contributed by atoms with van der Waals surface area (Å²) in [5.74, 6) is -0.604. The first-order chi connectivity index (χ1) is 15.7. The molecule has 3 rings (SSSR count). The maximum atomic E-state index is 14.8. The quantitative estimate of drug-likeness (QED) is 0.345. The number of thioether (sulfide) groups is 1. The summed E-state index contributed by atoms with van der Waals surface area (Å²) in [6, 6.07) is 12.0. The third-order valence-electron chi connectivity index (χ3n) is 4.95. The first kappa shape index (κ1) is 25.1. The zero-order chi connectivity index (χ0) is 24.1. The van der Waals surface area contributed by atoms with Gasteiger partial charge >= 0.3 is 6.09 Å². The topological polar surface area (TPSA) is 56.7 Å². The van der Waals surface area contributed by atoms with Gasteiger partial charge in [-0.25, -0.2) is 18.6 Å². The molecule has 1 heterocycles. The molecule has 0 bridgehead atoms.